The molecule has 2 heterocycles. The largest absolute Gasteiger partial charge is 0.383 e. The number of nitrogens with one attached hydrogen (secondary N) is 1. The van der Waals surface area contributed by atoms with Gasteiger partial charge < -0.3 is 19.9 Å². The van der Waals surface area contributed by atoms with Gasteiger partial charge in [-0.25, -0.2) is 0 Å². The number of amides is 2. The van der Waals surface area contributed by atoms with Crippen LogP contribution in [0, 0.1) is 12.8 Å². The van der Waals surface area contributed by atoms with Crippen molar-refractivity contribution < 1.29 is 14.3 Å². The van der Waals surface area contributed by atoms with Crippen molar-refractivity contribution in [3.8, 4) is 0 Å². The maximum atomic E-state index is 13.4. The van der Waals surface area contributed by atoms with Gasteiger partial charge in [0.1, 0.15) is 6.04 Å². The molecule has 2 aliphatic heterocycles. The molecule has 4 rings (SSSR count). The van der Waals surface area contributed by atoms with E-state index < -0.39 is 0 Å². The number of methoxy groups -OCH3 is 1. The number of likely N-dealkylation sites (tertiary alicyclic amines) is 1. The van der Waals surface area contributed by atoms with Crippen molar-refractivity contribution in [1.29, 1.82) is 0 Å². The fraction of sp³-hybridized carbons (Fsp3) is 0.667. The minimum absolute atomic E-state index is 0.126. The summed E-state index contributed by atoms with van der Waals surface area (Å²) in [7, 11) is 1.72. The monoisotopic (exact) mass is 428 g/mol. The lowest BCUT2D eigenvalue weighted by molar-refractivity contribution is -0.144. The smallest absolute Gasteiger partial charge is 0.245 e. The summed E-state index contributed by atoms with van der Waals surface area (Å²) in [6.45, 7) is 8.10. The van der Waals surface area contributed by atoms with E-state index in [0.717, 1.165) is 52.1 Å². The number of hydrogen-bond donors (Lipinski definition) is 1. The molecule has 3 fully saturated rings. The first kappa shape index (κ1) is 22.2. The van der Waals surface area contributed by atoms with E-state index >= 15 is 0 Å². The van der Waals surface area contributed by atoms with Crippen molar-refractivity contribution in [3.63, 3.8) is 0 Å². The van der Waals surface area contributed by atoms with E-state index in [9.17, 15) is 9.59 Å². The first-order valence-electron chi connectivity index (χ1n) is 11.7. The van der Waals surface area contributed by atoms with E-state index in [1.54, 1.807) is 7.11 Å². The number of benzene rings is 1. The molecule has 2 unspecified atom stereocenters. The van der Waals surface area contributed by atoms with Crippen LogP contribution < -0.4 is 5.32 Å². The third kappa shape index (κ3) is 5.27. The molecule has 7 nitrogen and oxygen atoms in total. The van der Waals surface area contributed by atoms with E-state index in [0.29, 0.717) is 19.6 Å². The Kier molecular flexibility index (Phi) is 7.25. The summed E-state index contributed by atoms with van der Waals surface area (Å²) in [5.74, 6) is 0.431. The molecular weight excluding hydrogens is 392 g/mol. The Morgan fingerprint density at radius 3 is 2.58 bits per heavy atom. The van der Waals surface area contributed by atoms with Crippen LogP contribution in [-0.4, -0.2) is 91.6 Å². The third-order valence-corrected chi connectivity index (χ3v) is 6.94. The second kappa shape index (κ2) is 10.1. The molecule has 0 radical (unpaired) electrons. The van der Waals surface area contributed by atoms with Crippen molar-refractivity contribution in [2.75, 3.05) is 53.0 Å². The number of aryl methyl sites for hydroxylation is 1. The van der Waals surface area contributed by atoms with Crippen LogP contribution in [0.1, 0.15) is 30.4 Å². The summed E-state index contributed by atoms with van der Waals surface area (Å²) in [6.07, 6.45) is 2.63. The zero-order valence-electron chi connectivity index (χ0n) is 18.9. The highest BCUT2D eigenvalue weighted by molar-refractivity contribution is 5.90. The van der Waals surface area contributed by atoms with Gasteiger partial charge in [0.25, 0.3) is 0 Å². The molecule has 0 spiro atoms. The zero-order valence-corrected chi connectivity index (χ0v) is 18.9. The number of ether oxygens (including phenoxy) is 1. The Hall–Kier alpha value is -1.96. The number of piperazine rings is 1. The van der Waals surface area contributed by atoms with Crippen LogP contribution in [0.25, 0.3) is 0 Å². The van der Waals surface area contributed by atoms with Crippen LogP contribution in [0.5, 0.6) is 0 Å². The van der Waals surface area contributed by atoms with Gasteiger partial charge in [0.05, 0.1) is 6.61 Å². The Labute approximate surface area is 185 Å². The summed E-state index contributed by atoms with van der Waals surface area (Å²) in [4.78, 5) is 32.8. The van der Waals surface area contributed by atoms with Crippen LogP contribution >= 0.6 is 0 Å². The van der Waals surface area contributed by atoms with E-state index in [1.807, 2.05) is 9.80 Å². The zero-order chi connectivity index (χ0) is 21.8. The predicted octanol–water partition coefficient (Wildman–Crippen LogP) is 1.25. The summed E-state index contributed by atoms with van der Waals surface area (Å²) < 4.78 is 5.39. The van der Waals surface area contributed by atoms with Gasteiger partial charge in [-0.15, -0.1) is 0 Å². The number of hydrogen-bond acceptors (Lipinski definition) is 5. The van der Waals surface area contributed by atoms with E-state index in [-0.39, 0.29) is 29.8 Å². The van der Waals surface area contributed by atoms with Crippen molar-refractivity contribution >= 4 is 11.8 Å². The molecule has 2 atom stereocenters. The lowest BCUT2D eigenvalue weighted by atomic mass is 10.1. The van der Waals surface area contributed by atoms with E-state index in [4.69, 9.17) is 4.74 Å². The number of carbonyl (C=O) groups is 2. The predicted molar refractivity (Wildman–Crippen MR) is 120 cm³/mol. The number of rotatable bonds is 8. The van der Waals surface area contributed by atoms with Gasteiger partial charge in [0, 0.05) is 64.9 Å². The molecule has 2 saturated heterocycles. The molecule has 1 N–H and O–H groups in total. The summed E-state index contributed by atoms with van der Waals surface area (Å²) >= 11 is 0. The SMILES string of the molecule is COCCN(Cc1ccccc1C)C1CC(C(=O)N2CCNCC2)N(C(=O)C2CC2)C1. The summed E-state index contributed by atoms with van der Waals surface area (Å²) in [6, 6.07) is 8.27. The second-order valence-electron chi connectivity index (χ2n) is 9.14. The van der Waals surface area contributed by atoms with Gasteiger partial charge in [0.15, 0.2) is 0 Å². The quantitative estimate of drug-likeness (QED) is 0.675. The molecule has 1 saturated carbocycles. The Morgan fingerprint density at radius 1 is 1.16 bits per heavy atom. The van der Waals surface area contributed by atoms with Crippen molar-refractivity contribution in [2.45, 2.75) is 44.8 Å². The maximum Gasteiger partial charge on any atom is 0.245 e. The highest BCUT2D eigenvalue weighted by Crippen LogP contribution is 2.35. The Balaban J connectivity index is 1.53. The number of carbonyl (C=O) groups excluding carboxylic acids is 2. The molecule has 0 bridgehead atoms. The molecule has 1 aliphatic carbocycles. The van der Waals surface area contributed by atoms with E-state index in [1.165, 1.54) is 11.1 Å². The van der Waals surface area contributed by atoms with Gasteiger partial charge >= 0.3 is 0 Å². The first-order chi connectivity index (χ1) is 15.1. The first-order valence-corrected chi connectivity index (χ1v) is 11.7. The second-order valence-corrected chi connectivity index (χ2v) is 9.14. The third-order valence-electron chi connectivity index (χ3n) is 6.94. The fourth-order valence-corrected chi connectivity index (χ4v) is 4.82. The average molecular weight is 429 g/mol. The Morgan fingerprint density at radius 2 is 1.90 bits per heavy atom. The molecule has 1 aromatic carbocycles. The summed E-state index contributed by atoms with van der Waals surface area (Å²) in [5.41, 5.74) is 2.55. The average Bonchev–Trinajstić information content (AvgIpc) is 3.56. The molecule has 1 aromatic rings. The topological polar surface area (TPSA) is 65.1 Å². The fourth-order valence-electron chi connectivity index (χ4n) is 4.82. The van der Waals surface area contributed by atoms with E-state index in [2.05, 4.69) is 41.4 Å². The van der Waals surface area contributed by atoms with Crippen LogP contribution in [0.3, 0.4) is 0 Å². The van der Waals surface area contributed by atoms with Crippen LogP contribution in [0.4, 0.5) is 0 Å². The molecular formula is C24H36N4O3. The lowest BCUT2D eigenvalue weighted by Gasteiger charge is -2.32. The maximum absolute atomic E-state index is 13.4. The molecule has 31 heavy (non-hydrogen) atoms. The minimum Gasteiger partial charge on any atom is -0.383 e. The van der Waals surface area contributed by atoms with Crippen molar-refractivity contribution in [3.05, 3.63) is 35.4 Å². The highest BCUT2D eigenvalue weighted by Gasteiger charge is 2.46. The van der Waals surface area contributed by atoms with Gasteiger partial charge in [0.2, 0.25) is 11.8 Å². The van der Waals surface area contributed by atoms with Crippen LogP contribution in [0.2, 0.25) is 0 Å². The van der Waals surface area contributed by atoms with Crippen molar-refractivity contribution in [2.24, 2.45) is 5.92 Å². The van der Waals surface area contributed by atoms with Gasteiger partial charge in [-0.2, -0.15) is 0 Å². The van der Waals surface area contributed by atoms with Crippen LogP contribution in [-0.2, 0) is 20.9 Å². The van der Waals surface area contributed by atoms with Crippen LogP contribution in [0.15, 0.2) is 24.3 Å². The van der Waals surface area contributed by atoms with Gasteiger partial charge in [-0.1, -0.05) is 24.3 Å². The summed E-state index contributed by atoms with van der Waals surface area (Å²) in [5, 5.41) is 3.31. The molecule has 3 aliphatic rings. The molecule has 7 heteroatoms. The molecule has 0 aromatic heterocycles. The standard InChI is InChI=1S/C24H36N4O3/c1-18-5-3-4-6-20(18)16-27(13-14-31-2)21-15-22(24(30)26-11-9-25-10-12-26)28(17-21)23(29)19-7-8-19/h3-6,19,21-22,25H,7-17H2,1-2H3. The molecule has 2 amide bonds. The molecule has 170 valence electrons. The minimum atomic E-state index is -0.335. The lowest BCUT2D eigenvalue weighted by Crippen LogP contribution is -2.53. The van der Waals surface area contributed by atoms with Crippen molar-refractivity contribution in [1.82, 2.24) is 20.0 Å². The number of nitrogens with zero attached hydrogens (tertiary/aromatic N) is 3. The highest BCUT2D eigenvalue weighted by atomic mass is 16.5. The van der Waals surface area contributed by atoms with Gasteiger partial charge in [-0.05, 0) is 37.3 Å². The Bertz CT molecular complexity index is 776. The van der Waals surface area contributed by atoms with Gasteiger partial charge in [-0.3, -0.25) is 14.5 Å². The normalized spacial score (nSPS) is 24.1.